The Morgan fingerprint density at radius 3 is 2.74 bits per heavy atom. The van der Waals surface area contributed by atoms with Crippen LogP contribution in [0.25, 0.3) is 55.2 Å². The van der Waals surface area contributed by atoms with Crippen molar-refractivity contribution in [3.05, 3.63) is 71.2 Å². The second-order valence-electron chi connectivity index (χ2n) is 9.92. The number of nitrogens with one attached hydrogen (secondary N) is 2. The molecule has 9 heteroatoms. The summed E-state index contributed by atoms with van der Waals surface area (Å²) in [4.78, 5) is 22.1. The number of aromatic nitrogens is 6. The van der Waals surface area contributed by atoms with Crippen LogP contribution in [0.2, 0.25) is 0 Å². The zero-order chi connectivity index (χ0) is 25.6. The number of hydrogen-bond donors (Lipinski definition) is 2. The molecule has 1 aliphatic rings. The van der Waals surface area contributed by atoms with Crippen molar-refractivity contribution in [1.82, 2.24) is 35.0 Å². The third kappa shape index (κ3) is 4.17. The molecule has 0 saturated carbocycles. The molecule has 1 aliphatic heterocycles. The van der Waals surface area contributed by atoms with Crippen LogP contribution in [0.4, 0.5) is 4.39 Å². The Kier molecular flexibility index (Phi) is 5.74. The van der Waals surface area contributed by atoms with E-state index in [2.05, 4.69) is 55.2 Å². The first kappa shape index (κ1) is 23.2. The van der Waals surface area contributed by atoms with Gasteiger partial charge in [-0.2, -0.15) is 5.10 Å². The number of aryl methyl sites for hydroxylation is 1. The predicted octanol–water partition coefficient (Wildman–Crippen LogP) is 6.73. The molecule has 6 aromatic rings. The SMILES string of the molecule is Cc1ccc(-c2nccc3[nH]c(-c4[nH]nc5c(F)cc(-c6cncc(CN7CCCCC7)c6)cc45)nc23)s1. The molecule has 7 rings (SSSR count). The van der Waals surface area contributed by atoms with Crippen LogP contribution in [-0.2, 0) is 6.54 Å². The topological polar surface area (TPSA) is 86.4 Å². The van der Waals surface area contributed by atoms with E-state index in [1.165, 1.54) is 30.2 Å². The molecule has 5 aromatic heterocycles. The standard InChI is InChI=1S/C29H26FN7S/c1-17-5-6-24(38-17)28-27-23(7-8-32-28)33-29(34-27)26-21-12-19(13-22(30)25(21)35-36-26)20-11-18(14-31-15-20)16-37-9-3-2-4-10-37/h5-8,11-15H,2-4,9-10,16H2,1H3,(H,33,34)(H,35,36). The molecule has 0 aliphatic carbocycles. The molecule has 38 heavy (non-hydrogen) atoms. The third-order valence-corrected chi connectivity index (χ3v) is 8.21. The largest absolute Gasteiger partial charge is 0.337 e. The number of aromatic amines is 2. The van der Waals surface area contributed by atoms with Gasteiger partial charge in [-0.15, -0.1) is 11.3 Å². The highest BCUT2D eigenvalue weighted by Gasteiger charge is 2.19. The smallest absolute Gasteiger partial charge is 0.157 e. The Hall–Kier alpha value is -3.95. The van der Waals surface area contributed by atoms with Crippen molar-refractivity contribution in [3.63, 3.8) is 0 Å². The number of thiophene rings is 1. The van der Waals surface area contributed by atoms with Crippen LogP contribution in [0.15, 0.2) is 55.0 Å². The lowest BCUT2D eigenvalue weighted by Crippen LogP contribution is -2.29. The Morgan fingerprint density at radius 1 is 1.00 bits per heavy atom. The summed E-state index contributed by atoms with van der Waals surface area (Å²) in [7, 11) is 0. The number of halogens is 1. The highest BCUT2D eigenvalue weighted by Crippen LogP contribution is 2.35. The van der Waals surface area contributed by atoms with E-state index < -0.39 is 0 Å². The van der Waals surface area contributed by atoms with Crippen LogP contribution in [0.3, 0.4) is 0 Å². The Morgan fingerprint density at radius 2 is 1.89 bits per heavy atom. The minimum absolute atomic E-state index is 0.286. The quantitative estimate of drug-likeness (QED) is 0.262. The van der Waals surface area contributed by atoms with Crippen LogP contribution >= 0.6 is 11.3 Å². The molecule has 0 atom stereocenters. The number of pyridine rings is 2. The summed E-state index contributed by atoms with van der Waals surface area (Å²) in [6.07, 6.45) is 9.27. The van der Waals surface area contributed by atoms with Gasteiger partial charge >= 0.3 is 0 Å². The van der Waals surface area contributed by atoms with Gasteiger partial charge in [0.15, 0.2) is 11.6 Å². The van der Waals surface area contributed by atoms with Crippen LogP contribution in [0.1, 0.15) is 29.7 Å². The summed E-state index contributed by atoms with van der Waals surface area (Å²) < 4.78 is 15.3. The van der Waals surface area contributed by atoms with E-state index >= 15 is 4.39 Å². The van der Waals surface area contributed by atoms with Gasteiger partial charge in [-0.3, -0.25) is 20.0 Å². The molecule has 6 heterocycles. The highest BCUT2D eigenvalue weighted by molar-refractivity contribution is 7.15. The lowest BCUT2D eigenvalue weighted by atomic mass is 10.0. The van der Waals surface area contributed by atoms with Crippen molar-refractivity contribution in [2.24, 2.45) is 0 Å². The Balaban J connectivity index is 1.29. The fraction of sp³-hybridized carbons (Fsp3) is 0.241. The summed E-state index contributed by atoms with van der Waals surface area (Å²) in [6.45, 7) is 5.17. The van der Waals surface area contributed by atoms with Gasteiger partial charge < -0.3 is 4.98 Å². The Bertz CT molecular complexity index is 1780. The molecule has 1 aromatic carbocycles. The van der Waals surface area contributed by atoms with Gasteiger partial charge in [-0.25, -0.2) is 9.37 Å². The fourth-order valence-electron chi connectivity index (χ4n) is 5.33. The molecule has 0 radical (unpaired) electrons. The number of likely N-dealkylation sites (tertiary alicyclic amines) is 1. The second-order valence-corrected chi connectivity index (χ2v) is 11.2. The summed E-state index contributed by atoms with van der Waals surface area (Å²) in [5.41, 5.74) is 6.18. The number of rotatable bonds is 5. The molecule has 0 spiro atoms. The average Bonchev–Trinajstić information content (AvgIpc) is 3.67. The van der Waals surface area contributed by atoms with Crippen molar-refractivity contribution < 1.29 is 4.39 Å². The number of H-pyrrole nitrogens is 2. The van der Waals surface area contributed by atoms with Gasteiger partial charge in [0.05, 0.1) is 10.4 Å². The van der Waals surface area contributed by atoms with Crippen molar-refractivity contribution in [1.29, 1.82) is 0 Å². The van der Waals surface area contributed by atoms with E-state index in [4.69, 9.17) is 4.98 Å². The molecule has 0 bridgehead atoms. The maximum absolute atomic E-state index is 15.3. The van der Waals surface area contributed by atoms with Crippen molar-refractivity contribution in [2.75, 3.05) is 13.1 Å². The molecule has 190 valence electrons. The van der Waals surface area contributed by atoms with Gasteiger partial charge in [-0.05, 0) is 80.4 Å². The molecule has 1 fully saturated rings. The van der Waals surface area contributed by atoms with Gasteiger partial charge in [-0.1, -0.05) is 6.42 Å². The molecule has 1 saturated heterocycles. The maximum Gasteiger partial charge on any atom is 0.157 e. The normalized spacial score (nSPS) is 14.6. The van der Waals surface area contributed by atoms with Crippen LogP contribution < -0.4 is 0 Å². The number of piperidine rings is 1. The van der Waals surface area contributed by atoms with Crippen LogP contribution in [-0.4, -0.2) is 48.1 Å². The number of imidazole rings is 1. The molecule has 7 nitrogen and oxygen atoms in total. The second kappa shape index (κ2) is 9.41. The summed E-state index contributed by atoms with van der Waals surface area (Å²) >= 11 is 1.68. The zero-order valence-electron chi connectivity index (χ0n) is 21.0. The van der Waals surface area contributed by atoms with E-state index in [1.54, 1.807) is 23.7 Å². The van der Waals surface area contributed by atoms with Crippen molar-refractivity contribution in [2.45, 2.75) is 32.7 Å². The molecule has 2 N–H and O–H groups in total. The van der Waals surface area contributed by atoms with Crippen molar-refractivity contribution in [3.8, 4) is 33.2 Å². The number of fused-ring (bicyclic) bond motifs is 2. The van der Waals surface area contributed by atoms with E-state index in [0.717, 1.165) is 57.9 Å². The Labute approximate surface area is 222 Å². The summed E-state index contributed by atoms with van der Waals surface area (Å²) in [5, 5.41) is 7.97. The first-order valence-electron chi connectivity index (χ1n) is 12.9. The maximum atomic E-state index is 15.3. The first-order valence-corrected chi connectivity index (χ1v) is 13.7. The molecule has 0 unspecified atom stereocenters. The third-order valence-electron chi connectivity index (χ3n) is 7.21. The highest BCUT2D eigenvalue weighted by atomic mass is 32.1. The lowest BCUT2D eigenvalue weighted by molar-refractivity contribution is 0.220. The van der Waals surface area contributed by atoms with Gasteiger partial charge in [0, 0.05) is 41.0 Å². The summed E-state index contributed by atoms with van der Waals surface area (Å²) in [5.74, 6) is 0.215. The van der Waals surface area contributed by atoms with Crippen LogP contribution in [0, 0.1) is 12.7 Å². The van der Waals surface area contributed by atoms with E-state index in [-0.39, 0.29) is 11.3 Å². The average molecular weight is 524 g/mol. The van der Waals surface area contributed by atoms with E-state index in [1.807, 2.05) is 18.3 Å². The van der Waals surface area contributed by atoms with Gasteiger partial charge in [0.2, 0.25) is 0 Å². The number of nitrogens with zero attached hydrogens (tertiary/aromatic N) is 5. The minimum atomic E-state index is -0.381. The minimum Gasteiger partial charge on any atom is -0.337 e. The zero-order valence-corrected chi connectivity index (χ0v) is 21.8. The number of benzene rings is 1. The molecular formula is C29H26FN7S. The number of hydrogen-bond acceptors (Lipinski definition) is 6. The van der Waals surface area contributed by atoms with E-state index in [0.29, 0.717) is 16.9 Å². The van der Waals surface area contributed by atoms with Crippen LogP contribution in [0.5, 0.6) is 0 Å². The molecular weight excluding hydrogens is 497 g/mol. The predicted molar refractivity (Wildman–Crippen MR) is 149 cm³/mol. The summed E-state index contributed by atoms with van der Waals surface area (Å²) in [6, 6.07) is 11.7. The monoisotopic (exact) mass is 523 g/mol. The van der Waals surface area contributed by atoms with E-state index in [9.17, 15) is 0 Å². The lowest BCUT2D eigenvalue weighted by Gasteiger charge is -2.26. The molecule has 0 amide bonds. The van der Waals surface area contributed by atoms with Gasteiger partial charge in [0.25, 0.3) is 0 Å². The van der Waals surface area contributed by atoms with Crippen molar-refractivity contribution >= 4 is 33.3 Å². The first-order chi connectivity index (χ1) is 18.6. The fourth-order valence-corrected chi connectivity index (χ4v) is 6.19. The van der Waals surface area contributed by atoms with Gasteiger partial charge in [0.1, 0.15) is 22.4 Å².